The fourth-order valence-electron chi connectivity index (χ4n) is 1.37. The highest BCUT2D eigenvalue weighted by Crippen LogP contribution is 2.36. The second-order valence-electron chi connectivity index (χ2n) is 3.12. The van der Waals surface area contributed by atoms with Crippen LogP contribution in [0.2, 0.25) is 0 Å². The van der Waals surface area contributed by atoms with E-state index in [-0.39, 0.29) is 31.5 Å². The van der Waals surface area contributed by atoms with Gasteiger partial charge in [-0.1, -0.05) is 20.6 Å². The minimum Gasteiger partial charge on any atom is -0.300 e. The largest absolute Gasteiger partial charge is 0.300 e. The summed E-state index contributed by atoms with van der Waals surface area (Å²) in [6, 6.07) is 0. The van der Waals surface area contributed by atoms with Gasteiger partial charge >= 0.3 is 0 Å². The molecule has 0 radical (unpaired) electrons. The minimum absolute atomic E-state index is 0.00595. The second-order valence-corrected chi connectivity index (χ2v) is 3.12. The topological polar surface area (TPSA) is 17.1 Å². The van der Waals surface area contributed by atoms with Crippen LogP contribution in [0.5, 0.6) is 0 Å². The Bertz CT molecular complexity index is 330. The lowest BCUT2D eigenvalue weighted by molar-refractivity contribution is -0.121. The zero-order chi connectivity index (χ0) is 16.0. The summed E-state index contributed by atoms with van der Waals surface area (Å²) in [7, 11) is 0. The Labute approximate surface area is 81.8 Å². The molecular weight excluding hydrogens is 136 g/mol. The van der Waals surface area contributed by atoms with Crippen molar-refractivity contribution in [3.05, 3.63) is 0 Å². The fourth-order valence-corrected chi connectivity index (χ4v) is 1.37. The van der Waals surface area contributed by atoms with Gasteiger partial charge in [-0.05, 0) is 24.2 Å². The Balaban J connectivity index is 3.43. The van der Waals surface area contributed by atoms with E-state index in [1.807, 2.05) is 0 Å². The van der Waals surface area contributed by atoms with Crippen molar-refractivity contribution in [2.24, 2.45) is 11.3 Å². The molecule has 0 spiro atoms. The SMILES string of the molecule is [2H]C([2H])([2H])C(C1CCC(=O)CC1)(C([2H])([2H])[2H])C([2H])([2H])[2H]. The summed E-state index contributed by atoms with van der Waals surface area (Å²) in [6.45, 7) is -9.47. The van der Waals surface area contributed by atoms with Crippen LogP contribution in [0.4, 0.5) is 0 Å². The maximum absolute atomic E-state index is 11.3. The van der Waals surface area contributed by atoms with Gasteiger partial charge in [0.15, 0.2) is 0 Å². The van der Waals surface area contributed by atoms with Crippen molar-refractivity contribution >= 4 is 5.78 Å². The van der Waals surface area contributed by atoms with E-state index >= 15 is 0 Å². The van der Waals surface area contributed by atoms with Crippen LogP contribution in [-0.4, -0.2) is 5.78 Å². The molecular formula is C10H18O. The van der Waals surface area contributed by atoms with Crippen LogP contribution >= 0.6 is 0 Å². The Hall–Kier alpha value is -0.330. The Morgan fingerprint density at radius 2 is 1.91 bits per heavy atom. The lowest BCUT2D eigenvalue weighted by Gasteiger charge is -2.33. The van der Waals surface area contributed by atoms with Crippen molar-refractivity contribution in [3.63, 3.8) is 0 Å². The monoisotopic (exact) mass is 163 g/mol. The number of rotatable bonds is 0. The number of ketones is 1. The third kappa shape index (κ3) is 2.32. The molecule has 1 fully saturated rings. The van der Waals surface area contributed by atoms with Crippen molar-refractivity contribution < 1.29 is 17.1 Å². The predicted molar refractivity (Wildman–Crippen MR) is 46.4 cm³/mol. The summed E-state index contributed by atoms with van der Waals surface area (Å²) in [5, 5.41) is 0. The first kappa shape index (κ1) is 2.58. The summed E-state index contributed by atoms with van der Waals surface area (Å²) in [5.74, 6) is -1.13. The zero-order valence-electron chi connectivity index (χ0n) is 15.3. The van der Waals surface area contributed by atoms with Gasteiger partial charge in [-0.15, -0.1) is 0 Å². The van der Waals surface area contributed by atoms with E-state index in [0.717, 1.165) is 0 Å². The van der Waals surface area contributed by atoms with Crippen LogP contribution in [0.15, 0.2) is 0 Å². The molecule has 0 unspecified atom stereocenters. The second kappa shape index (κ2) is 2.96. The molecule has 0 saturated heterocycles. The number of Topliss-reactive ketones (excluding diaryl/α,β-unsaturated/α-hetero) is 1. The van der Waals surface area contributed by atoms with E-state index in [2.05, 4.69) is 0 Å². The van der Waals surface area contributed by atoms with Crippen LogP contribution in [0.3, 0.4) is 0 Å². The van der Waals surface area contributed by atoms with Crippen molar-refractivity contribution in [3.8, 4) is 0 Å². The van der Waals surface area contributed by atoms with Gasteiger partial charge in [0.25, 0.3) is 0 Å². The van der Waals surface area contributed by atoms with Gasteiger partial charge < -0.3 is 0 Å². The first-order chi connectivity index (χ1) is 8.75. The molecule has 1 heteroatoms. The standard InChI is InChI=1S/C10H18O/c1-10(2,3)8-4-6-9(11)7-5-8/h8H,4-7H2,1-3H3/i1D3,2D3,3D3. The molecule has 0 amide bonds. The zero-order valence-corrected chi connectivity index (χ0v) is 6.31. The lowest BCUT2D eigenvalue weighted by Crippen LogP contribution is -2.25. The average molecular weight is 163 g/mol. The molecule has 0 aliphatic heterocycles. The van der Waals surface area contributed by atoms with Crippen molar-refractivity contribution in [1.29, 1.82) is 0 Å². The van der Waals surface area contributed by atoms with Crippen molar-refractivity contribution in [1.82, 2.24) is 0 Å². The molecule has 0 bridgehead atoms. The molecule has 1 saturated carbocycles. The number of carbonyl (C=O) groups excluding carboxylic acids is 1. The Morgan fingerprint density at radius 3 is 2.36 bits per heavy atom. The molecule has 1 aliphatic carbocycles. The van der Waals surface area contributed by atoms with Crippen LogP contribution < -0.4 is 0 Å². The Morgan fingerprint density at radius 1 is 1.36 bits per heavy atom. The van der Waals surface area contributed by atoms with Gasteiger partial charge in [-0.2, -0.15) is 0 Å². The summed E-state index contributed by atoms with van der Waals surface area (Å²) in [5.41, 5.74) is -2.78. The molecule has 0 heterocycles. The molecule has 0 aromatic heterocycles. The lowest BCUT2D eigenvalue weighted by atomic mass is 9.72. The maximum atomic E-state index is 11.3. The molecule has 1 rings (SSSR count). The highest BCUT2D eigenvalue weighted by atomic mass is 16.1. The van der Waals surface area contributed by atoms with Gasteiger partial charge in [0.1, 0.15) is 5.78 Å². The summed E-state index contributed by atoms with van der Waals surface area (Å²) >= 11 is 0. The van der Waals surface area contributed by atoms with Crippen LogP contribution in [0.25, 0.3) is 0 Å². The van der Waals surface area contributed by atoms with Gasteiger partial charge in [0, 0.05) is 25.2 Å². The van der Waals surface area contributed by atoms with E-state index in [1.165, 1.54) is 0 Å². The molecule has 0 N–H and O–H groups in total. The molecule has 64 valence electrons. The molecule has 11 heavy (non-hydrogen) atoms. The summed E-state index contributed by atoms with van der Waals surface area (Å²) in [4.78, 5) is 11.3. The minimum atomic E-state index is -3.16. The van der Waals surface area contributed by atoms with E-state index < -0.39 is 31.9 Å². The van der Waals surface area contributed by atoms with Crippen molar-refractivity contribution in [2.75, 3.05) is 0 Å². The van der Waals surface area contributed by atoms with Crippen LogP contribution in [-0.2, 0) is 4.79 Å². The molecule has 1 nitrogen and oxygen atoms in total. The maximum Gasteiger partial charge on any atom is 0.132 e. The van der Waals surface area contributed by atoms with E-state index in [1.54, 1.807) is 0 Å². The highest BCUT2D eigenvalue weighted by Gasteiger charge is 2.28. The van der Waals surface area contributed by atoms with Gasteiger partial charge in [-0.25, -0.2) is 0 Å². The molecule has 0 aromatic rings. The number of carbonyl (C=O) groups is 1. The molecule has 0 atom stereocenters. The number of hydrogen-bond acceptors (Lipinski definition) is 1. The number of hydrogen-bond donors (Lipinski definition) is 0. The van der Waals surface area contributed by atoms with Crippen molar-refractivity contribution in [2.45, 2.75) is 46.2 Å². The van der Waals surface area contributed by atoms with Gasteiger partial charge in [0.2, 0.25) is 0 Å². The predicted octanol–water partition coefficient (Wildman–Crippen LogP) is 2.79. The quantitative estimate of drug-likeness (QED) is 0.536. The highest BCUT2D eigenvalue weighted by molar-refractivity contribution is 5.79. The third-order valence-corrected chi connectivity index (χ3v) is 2.16. The third-order valence-electron chi connectivity index (χ3n) is 2.16. The fraction of sp³-hybridized carbons (Fsp3) is 0.900. The summed E-state index contributed by atoms with van der Waals surface area (Å²) in [6.07, 6.45) is 0.0608. The van der Waals surface area contributed by atoms with E-state index in [9.17, 15) is 4.79 Å². The van der Waals surface area contributed by atoms with Gasteiger partial charge in [0.05, 0.1) is 0 Å². The molecule has 1 aliphatic rings. The van der Waals surface area contributed by atoms with Gasteiger partial charge in [-0.3, -0.25) is 4.79 Å². The van der Waals surface area contributed by atoms with Crippen LogP contribution in [0, 0.1) is 11.3 Å². The van der Waals surface area contributed by atoms with Crippen LogP contribution in [0.1, 0.15) is 58.6 Å². The smallest absolute Gasteiger partial charge is 0.132 e. The molecule has 0 aromatic carbocycles. The average Bonchev–Trinajstić information content (AvgIpc) is 2.14. The summed E-state index contributed by atoms with van der Waals surface area (Å²) < 4.78 is 68.1. The first-order valence-electron chi connectivity index (χ1n) is 8.27. The Kier molecular flexibility index (Phi) is 0.694. The van der Waals surface area contributed by atoms with E-state index in [4.69, 9.17) is 12.3 Å². The normalized spacial score (nSPS) is 37.8. The first-order valence-corrected chi connectivity index (χ1v) is 3.77. The van der Waals surface area contributed by atoms with E-state index in [0.29, 0.717) is 0 Å².